The number of aromatic nitrogens is 1. The van der Waals surface area contributed by atoms with E-state index in [1.54, 1.807) is 18.3 Å². The second kappa shape index (κ2) is 5.27. The molecule has 0 aliphatic heterocycles. The van der Waals surface area contributed by atoms with Crippen LogP contribution in [0.4, 0.5) is 10.2 Å². The molecule has 0 bridgehead atoms. The highest BCUT2D eigenvalue weighted by Gasteiger charge is 2.15. The first-order valence-electron chi connectivity index (χ1n) is 5.26. The second-order valence-corrected chi connectivity index (χ2v) is 4.62. The van der Waals surface area contributed by atoms with Crippen molar-refractivity contribution in [2.75, 3.05) is 5.32 Å². The minimum atomic E-state index is -0.575. The van der Waals surface area contributed by atoms with E-state index in [1.807, 2.05) is 13.0 Å². The lowest BCUT2D eigenvalue weighted by molar-refractivity contribution is 0.102. The molecule has 1 N–H and O–H groups in total. The van der Waals surface area contributed by atoms with Crippen LogP contribution in [0.15, 0.2) is 41.0 Å². The maximum Gasteiger partial charge on any atom is 0.260 e. The van der Waals surface area contributed by atoms with Crippen LogP contribution in [-0.2, 0) is 0 Å². The third kappa shape index (κ3) is 2.73. The lowest BCUT2D eigenvalue weighted by Gasteiger charge is -2.07. The highest BCUT2D eigenvalue weighted by atomic mass is 79.9. The quantitative estimate of drug-likeness (QED) is 0.922. The van der Waals surface area contributed by atoms with Gasteiger partial charge in [0.2, 0.25) is 0 Å². The minimum absolute atomic E-state index is 0.0270. The molecule has 5 heteroatoms. The zero-order chi connectivity index (χ0) is 13.1. The van der Waals surface area contributed by atoms with E-state index in [4.69, 9.17) is 0 Å². The average molecular weight is 309 g/mol. The van der Waals surface area contributed by atoms with E-state index in [1.165, 1.54) is 12.1 Å². The molecule has 92 valence electrons. The van der Waals surface area contributed by atoms with Gasteiger partial charge in [-0.15, -0.1) is 0 Å². The average Bonchev–Trinajstić information content (AvgIpc) is 2.28. The van der Waals surface area contributed by atoms with Gasteiger partial charge >= 0.3 is 0 Å². The summed E-state index contributed by atoms with van der Waals surface area (Å²) in [6, 6.07) is 7.91. The molecule has 18 heavy (non-hydrogen) atoms. The number of rotatable bonds is 2. The number of hydrogen-bond donors (Lipinski definition) is 1. The third-order valence-electron chi connectivity index (χ3n) is 2.35. The topological polar surface area (TPSA) is 42.0 Å². The Morgan fingerprint density at radius 1 is 1.39 bits per heavy atom. The summed E-state index contributed by atoms with van der Waals surface area (Å²) < 4.78 is 14.0. The number of nitrogens with one attached hydrogen (secondary N) is 1. The number of benzene rings is 1. The molecule has 1 heterocycles. The molecular formula is C13H10BrFN2O. The van der Waals surface area contributed by atoms with Crippen molar-refractivity contribution in [3.05, 3.63) is 57.9 Å². The number of anilines is 1. The van der Waals surface area contributed by atoms with Gasteiger partial charge in [-0.25, -0.2) is 9.37 Å². The van der Waals surface area contributed by atoms with Gasteiger partial charge in [0.25, 0.3) is 5.91 Å². The molecule has 0 aliphatic rings. The van der Waals surface area contributed by atoms with Gasteiger partial charge in [0.1, 0.15) is 11.6 Å². The molecular weight excluding hydrogens is 299 g/mol. The number of halogens is 2. The van der Waals surface area contributed by atoms with Gasteiger partial charge in [-0.3, -0.25) is 4.79 Å². The largest absolute Gasteiger partial charge is 0.306 e. The van der Waals surface area contributed by atoms with E-state index < -0.39 is 11.7 Å². The fourth-order valence-electron chi connectivity index (χ4n) is 1.50. The van der Waals surface area contributed by atoms with Crippen molar-refractivity contribution in [3.63, 3.8) is 0 Å². The Morgan fingerprint density at radius 3 is 2.83 bits per heavy atom. The first-order chi connectivity index (χ1) is 8.58. The number of hydrogen-bond acceptors (Lipinski definition) is 2. The van der Waals surface area contributed by atoms with Crippen LogP contribution in [-0.4, -0.2) is 10.9 Å². The molecule has 0 saturated carbocycles. The van der Waals surface area contributed by atoms with E-state index >= 15 is 0 Å². The lowest BCUT2D eigenvalue weighted by atomic mass is 10.2. The molecule has 0 saturated heterocycles. The fourth-order valence-corrected chi connectivity index (χ4v) is 2.02. The molecule has 3 nitrogen and oxygen atoms in total. The Hall–Kier alpha value is -1.75. The van der Waals surface area contributed by atoms with Crippen molar-refractivity contribution < 1.29 is 9.18 Å². The van der Waals surface area contributed by atoms with Crippen molar-refractivity contribution in [1.29, 1.82) is 0 Å². The highest BCUT2D eigenvalue weighted by molar-refractivity contribution is 9.10. The van der Waals surface area contributed by atoms with Crippen LogP contribution in [0, 0.1) is 12.7 Å². The van der Waals surface area contributed by atoms with Gasteiger partial charge in [-0.2, -0.15) is 0 Å². The van der Waals surface area contributed by atoms with E-state index in [2.05, 4.69) is 26.2 Å². The van der Waals surface area contributed by atoms with Crippen LogP contribution in [0.25, 0.3) is 0 Å². The van der Waals surface area contributed by atoms with Crippen LogP contribution in [0.3, 0.4) is 0 Å². The predicted octanol–water partition coefficient (Wildman–Crippen LogP) is 3.54. The summed E-state index contributed by atoms with van der Waals surface area (Å²) in [6.45, 7) is 1.89. The van der Waals surface area contributed by atoms with Gasteiger partial charge in [-0.1, -0.05) is 6.07 Å². The van der Waals surface area contributed by atoms with Gasteiger partial charge in [-0.05, 0) is 52.7 Å². The Bertz CT molecular complexity index is 581. The predicted molar refractivity (Wildman–Crippen MR) is 71.0 cm³/mol. The number of carbonyl (C=O) groups is 1. The number of carbonyl (C=O) groups excluding carboxylic acids is 1. The summed E-state index contributed by atoms with van der Waals surface area (Å²) in [6.07, 6.45) is 1.58. The standard InChI is InChI=1S/C13H10BrFN2O/c1-8-5-6-16-11(7-8)17-13(18)12-9(14)3-2-4-10(12)15/h2-7H,1H3,(H,16,17,18). The van der Waals surface area contributed by atoms with E-state index in [-0.39, 0.29) is 5.56 Å². The Balaban J connectivity index is 2.28. The zero-order valence-corrected chi connectivity index (χ0v) is 11.2. The summed E-state index contributed by atoms with van der Waals surface area (Å²) in [5.41, 5.74) is 0.939. The lowest BCUT2D eigenvalue weighted by Crippen LogP contribution is -2.15. The van der Waals surface area contributed by atoms with Gasteiger partial charge in [0.05, 0.1) is 5.56 Å². The smallest absolute Gasteiger partial charge is 0.260 e. The fraction of sp³-hybridized carbons (Fsp3) is 0.0769. The molecule has 1 aromatic carbocycles. The van der Waals surface area contributed by atoms with Crippen molar-refractivity contribution in [2.24, 2.45) is 0 Å². The van der Waals surface area contributed by atoms with Crippen LogP contribution in [0.1, 0.15) is 15.9 Å². The molecule has 0 atom stereocenters. The number of nitrogens with zero attached hydrogens (tertiary/aromatic N) is 1. The SMILES string of the molecule is Cc1ccnc(NC(=O)c2c(F)cccc2Br)c1. The number of aryl methyl sites for hydroxylation is 1. The molecule has 0 aliphatic carbocycles. The van der Waals surface area contributed by atoms with Gasteiger partial charge < -0.3 is 5.32 Å². The minimum Gasteiger partial charge on any atom is -0.306 e. The first kappa shape index (κ1) is 12.7. The molecule has 1 amide bonds. The van der Waals surface area contributed by atoms with E-state index in [9.17, 15) is 9.18 Å². The number of pyridine rings is 1. The second-order valence-electron chi connectivity index (χ2n) is 3.77. The summed E-state index contributed by atoms with van der Waals surface area (Å²) >= 11 is 3.15. The summed E-state index contributed by atoms with van der Waals surface area (Å²) in [7, 11) is 0. The summed E-state index contributed by atoms with van der Waals surface area (Å²) in [5.74, 6) is -0.706. The van der Waals surface area contributed by atoms with Gasteiger partial charge in [0, 0.05) is 10.7 Å². The van der Waals surface area contributed by atoms with E-state index in [0.29, 0.717) is 10.3 Å². The molecule has 0 unspecified atom stereocenters. The van der Waals surface area contributed by atoms with Crippen LogP contribution in [0.5, 0.6) is 0 Å². The van der Waals surface area contributed by atoms with Gasteiger partial charge in [0.15, 0.2) is 0 Å². The van der Waals surface area contributed by atoms with Crippen LogP contribution in [0.2, 0.25) is 0 Å². The molecule has 2 rings (SSSR count). The molecule has 1 aromatic heterocycles. The molecule has 0 radical (unpaired) electrons. The van der Waals surface area contributed by atoms with E-state index in [0.717, 1.165) is 5.56 Å². The Labute approximate surface area is 112 Å². The monoisotopic (exact) mass is 308 g/mol. The third-order valence-corrected chi connectivity index (χ3v) is 3.01. The first-order valence-corrected chi connectivity index (χ1v) is 6.05. The zero-order valence-electron chi connectivity index (χ0n) is 9.58. The van der Waals surface area contributed by atoms with Crippen molar-refractivity contribution in [3.8, 4) is 0 Å². The van der Waals surface area contributed by atoms with Crippen molar-refractivity contribution in [1.82, 2.24) is 4.98 Å². The molecule has 0 fully saturated rings. The van der Waals surface area contributed by atoms with Crippen LogP contribution >= 0.6 is 15.9 Å². The summed E-state index contributed by atoms with van der Waals surface area (Å²) in [5, 5.41) is 2.56. The maximum atomic E-state index is 13.6. The molecule has 2 aromatic rings. The maximum absolute atomic E-state index is 13.6. The summed E-state index contributed by atoms with van der Waals surface area (Å²) in [4.78, 5) is 15.9. The van der Waals surface area contributed by atoms with Crippen molar-refractivity contribution >= 4 is 27.7 Å². The normalized spacial score (nSPS) is 10.2. The Morgan fingerprint density at radius 2 is 2.17 bits per heavy atom. The van der Waals surface area contributed by atoms with Crippen molar-refractivity contribution in [2.45, 2.75) is 6.92 Å². The highest BCUT2D eigenvalue weighted by Crippen LogP contribution is 2.20. The van der Waals surface area contributed by atoms with Crippen LogP contribution < -0.4 is 5.32 Å². The molecule has 0 spiro atoms. The Kier molecular flexibility index (Phi) is 3.72. The number of amides is 1.